The molecular weight excluding hydrogens is 210 g/mol. The second-order valence-corrected chi connectivity index (χ2v) is 5.79. The van der Waals surface area contributed by atoms with Gasteiger partial charge in [-0.1, -0.05) is 19.8 Å². The van der Waals surface area contributed by atoms with Gasteiger partial charge in [-0.2, -0.15) is 5.10 Å². The fourth-order valence-electron chi connectivity index (χ4n) is 3.10. The van der Waals surface area contributed by atoms with Crippen molar-refractivity contribution in [2.45, 2.75) is 57.4 Å². The number of nitrogens with zero attached hydrogens (tertiary/aromatic N) is 2. The molecule has 1 aromatic heterocycles. The summed E-state index contributed by atoms with van der Waals surface area (Å²) < 4.78 is 1.86. The van der Waals surface area contributed by atoms with E-state index < -0.39 is 0 Å². The Balaban J connectivity index is 1.89. The van der Waals surface area contributed by atoms with E-state index in [9.17, 15) is 0 Å². The first kappa shape index (κ1) is 12.6. The Morgan fingerprint density at radius 1 is 1.47 bits per heavy atom. The summed E-state index contributed by atoms with van der Waals surface area (Å²) in [5.41, 5.74) is 7.82. The van der Waals surface area contributed by atoms with Gasteiger partial charge in [0, 0.05) is 18.8 Å². The average Bonchev–Trinajstić information content (AvgIpc) is 2.68. The van der Waals surface area contributed by atoms with Gasteiger partial charge in [0.05, 0.1) is 6.20 Å². The Hall–Kier alpha value is -0.830. The van der Waals surface area contributed by atoms with Gasteiger partial charge >= 0.3 is 0 Å². The molecule has 0 amide bonds. The largest absolute Gasteiger partial charge is 0.325 e. The van der Waals surface area contributed by atoms with Crippen molar-refractivity contribution in [3.63, 3.8) is 0 Å². The lowest BCUT2D eigenvalue weighted by Gasteiger charge is -2.37. The van der Waals surface area contributed by atoms with E-state index in [0.29, 0.717) is 0 Å². The zero-order valence-electron chi connectivity index (χ0n) is 11.2. The minimum atomic E-state index is 0.0211. The summed E-state index contributed by atoms with van der Waals surface area (Å²) in [7, 11) is 1.96. The van der Waals surface area contributed by atoms with E-state index in [1.54, 1.807) is 0 Å². The van der Waals surface area contributed by atoms with Crippen LogP contribution in [-0.2, 0) is 13.5 Å². The minimum Gasteiger partial charge on any atom is -0.325 e. The normalized spacial score (nSPS) is 29.5. The van der Waals surface area contributed by atoms with Crippen molar-refractivity contribution in [2.24, 2.45) is 18.7 Å². The Morgan fingerprint density at radius 2 is 2.18 bits per heavy atom. The molecule has 17 heavy (non-hydrogen) atoms. The molecule has 96 valence electrons. The van der Waals surface area contributed by atoms with Gasteiger partial charge in [-0.3, -0.25) is 4.68 Å². The van der Waals surface area contributed by atoms with Crippen molar-refractivity contribution in [1.29, 1.82) is 0 Å². The van der Waals surface area contributed by atoms with Crippen LogP contribution in [-0.4, -0.2) is 15.3 Å². The first-order valence-corrected chi connectivity index (χ1v) is 6.88. The maximum atomic E-state index is 6.52. The van der Waals surface area contributed by atoms with Crippen LogP contribution in [0.1, 0.15) is 51.0 Å². The maximum Gasteiger partial charge on any atom is 0.0522 e. The number of aryl methyl sites for hydroxylation is 1. The van der Waals surface area contributed by atoms with Crippen LogP contribution in [0.4, 0.5) is 0 Å². The van der Waals surface area contributed by atoms with Crippen LogP contribution in [0.3, 0.4) is 0 Å². The van der Waals surface area contributed by atoms with Crippen LogP contribution in [0, 0.1) is 5.92 Å². The highest BCUT2D eigenvalue weighted by molar-refractivity contribution is 5.10. The molecule has 1 saturated carbocycles. The van der Waals surface area contributed by atoms with Crippen molar-refractivity contribution in [2.75, 3.05) is 0 Å². The van der Waals surface area contributed by atoms with Gasteiger partial charge in [-0.15, -0.1) is 0 Å². The van der Waals surface area contributed by atoms with Crippen molar-refractivity contribution in [1.82, 2.24) is 9.78 Å². The van der Waals surface area contributed by atoms with Crippen LogP contribution < -0.4 is 5.73 Å². The van der Waals surface area contributed by atoms with Gasteiger partial charge in [0.2, 0.25) is 0 Å². The van der Waals surface area contributed by atoms with Crippen LogP contribution >= 0.6 is 0 Å². The summed E-state index contributed by atoms with van der Waals surface area (Å²) in [6.07, 6.45) is 12.7. The Labute approximate surface area is 104 Å². The smallest absolute Gasteiger partial charge is 0.0522 e. The topological polar surface area (TPSA) is 43.8 Å². The molecule has 0 spiro atoms. The third-order valence-electron chi connectivity index (χ3n) is 4.11. The standard InChI is InChI=1S/C14H25N3/c1-3-4-12-5-7-14(15,8-6-12)9-13-10-16-17(2)11-13/h10-12H,3-9,15H2,1-2H3. The molecule has 3 heteroatoms. The fraction of sp³-hybridized carbons (Fsp3) is 0.786. The van der Waals surface area contributed by atoms with Gasteiger partial charge in [-0.25, -0.2) is 0 Å². The SMILES string of the molecule is CCCC1CCC(N)(Cc2cnn(C)c2)CC1. The summed E-state index contributed by atoms with van der Waals surface area (Å²) in [6.45, 7) is 2.28. The molecule has 0 atom stereocenters. The van der Waals surface area contributed by atoms with Crippen LogP contribution in [0.2, 0.25) is 0 Å². The molecule has 1 heterocycles. The predicted octanol–water partition coefficient (Wildman–Crippen LogP) is 2.65. The van der Waals surface area contributed by atoms with Crippen molar-refractivity contribution in [3.8, 4) is 0 Å². The highest BCUT2D eigenvalue weighted by Crippen LogP contribution is 2.34. The molecule has 0 radical (unpaired) electrons. The third kappa shape index (κ3) is 3.32. The molecule has 1 aliphatic rings. The average molecular weight is 235 g/mol. The van der Waals surface area contributed by atoms with Gasteiger partial charge in [-0.05, 0) is 43.6 Å². The highest BCUT2D eigenvalue weighted by atomic mass is 15.2. The lowest BCUT2D eigenvalue weighted by atomic mass is 9.73. The number of hydrogen-bond donors (Lipinski definition) is 1. The molecule has 0 bridgehead atoms. The Kier molecular flexibility index (Phi) is 3.87. The molecule has 0 unspecified atom stereocenters. The van der Waals surface area contributed by atoms with E-state index in [1.807, 2.05) is 17.9 Å². The lowest BCUT2D eigenvalue weighted by Crippen LogP contribution is -2.45. The van der Waals surface area contributed by atoms with Crippen LogP contribution in [0.25, 0.3) is 0 Å². The molecular formula is C14H25N3. The number of hydrogen-bond acceptors (Lipinski definition) is 2. The minimum absolute atomic E-state index is 0.0211. The summed E-state index contributed by atoms with van der Waals surface area (Å²) in [5, 5.41) is 4.22. The monoisotopic (exact) mass is 235 g/mol. The predicted molar refractivity (Wildman–Crippen MR) is 70.7 cm³/mol. The van der Waals surface area contributed by atoms with Gasteiger partial charge in [0.15, 0.2) is 0 Å². The van der Waals surface area contributed by atoms with Gasteiger partial charge in [0.25, 0.3) is 0 Å². The van der Waals surface area contributed by atoms with Gasteiger partial charge in [0.1, 0.15) is 0 Å². The second kappa shape index (κ2) is 5.21. The third-order valence-corrected chi connectivity index (χ3v) is 4.11. The molecule has 0 saturated heterocycles. The molecule has 1 fully saturated rings. The van der Waals surface area contributed by atoms with E-state index in [1.165, 1.54) is 44.1 Å². The van der Waals surface area contributed by atoms with Crippen LogP contribution in [0.15, 0.2) is 12.4 Å². The van der Waals surface area contributed by atoms with E-state index in [-0.39, 0.29) is 5.54 Å². The van der Waals surface area contributed by atoms with Gasteiger partial charge < -0.3 is 5.73 Å². The lowest BCUT2D eigenvalue weighted by molar-refractivity contribution is 0.223. The molecule has 0 aromatic carbocycles. The van der Waals surface area contributed by atoms with Crippen molar-refractivity contribution in [3.05, 3.63) is 18.0 Å². The van der Waals surface area contributed by atoms with E-state index >= 15 is 0 Å². The molecule has 2 N–H and O–H groups in total. The molecule has 1 aromatic rings. The highest BCUT2D eigenvalue weighted by Gasteiger charge is 2.31. The van der Waals surface area contributed by atoms with E-state index in [2.05, 4.69) is 18.2 Å². The fourth-order valence-corrected chi connectivity index (χ4v) is 3.10. The van der Waals surface area contributed by atoms with Crippen molar-refractivity contribution < 1.29 is 0 Å². The first-order chi connectivity index (χ1) is 8.11. The van der Waals surface area contributed by atoms with E-state index in [4.69, 9.17) is 5.73 Å². The Bertz CT molecular complexity index is 348. The molecule has 1 aliphatic carbocycles. The quantitative estimate of drug-likeness (QED) is 0.872. The number of aromatic nitrogens is 2. The number of rotatable bonds is 4. The summed E-state index contributed by atoms with van der Waals surface area (Å²) >= 11 is 0. The molecule has 0 aliphatic heterocycles. The van der Waals surface area contributed by atoms with Crippen molar-refractivity contribution >= 4 is 0 Å². The Morgan fingerprint density at radius 3 is 2.71 bits per heavy atom. The zero-order chi connectivity index (χ0) is 12.3. The summed E-state index contributed by atoms with van der Waals surface area (Å²) in [6, 6.07) is 0. The zero-order valence-corrected chi connectivity index (χ0v) is 11.2. The number of nitrogens with two attached hydrogens (primary N) is 1. The maximum absolute atomic E-state index is 6.52. The first-order valence-electron chi connectivity index (χ1n) is 6.88. The molecule has 2 rings (SSSR count). The van der Waals surface area contributed by atoms with E-state index in [0.717, 1.165) is 12.3 Å². The summed E-state index contributed by atoms with van der Waals surface area (Å²) in [5.74, 6) is 0.922. The molecule has 3 nitrogen and oxygen atoms in total. The second-order valence-electron chi connectivity index (χ2n) is 5.79. The van der Waals surface area contributed by atoms with Crippen LogP contribution in [0.5, 0.6) is 0 Å². The summed E-state index contributed by atoms with van der Waals surface area (Å²) in [4.78, 5) is 0.